The molecule has 1 aromatic rings. The Balaban J connectivity index is 1.93. The van der Waals surface area contributed by atoms with Crippen molar-refractivity contribution in [1.82, 2.24) is 10.2 Å². The first-order chi connectivity index (χ1) is 9.43. The van der Waals surface area contributed by atoms with E-state index < -0.39 is 17.5 Å². The van der Waals surface area contributed by atoms with Gasteiger partial charge in [-0.25, -0.2) is 8.78 Å². The summed E-state index contributed by atoms with van der Waals surface area (Å²) in [6.45, 7) is 6.34. The smallest absolute Gasteiger partial charge is 0.257 e. The van der Waals surface area contributed by atoms with E-state index in [0.717, 1.165) is 19.2 Å². The number of hydrogen-bond donors (Lipinski definition) is 1. The molecule has 2 aliphatic rings. The number of carbonyl (C=O) groups is 1. The molecule has 2 fully saturated rings. The van der Waals surface area contributed by atoms with Gasteiger partial charge in [0, 0.05) is 25.2 Å². The minimum absolute atomic E-state index is 0.175. The molecule has 2 atom stereocenters. The summed E-state index contributed by atoms with van der Waals surface area (Å²) < 4.78 is 27.1. The van der Waals surface area contributed by atoms with Crippen molar-refractivity contribution in [2.75, 3.05) is 19.6 Å². The molecule has 0 saturated carbocycles. The minimum atomic E-state index is -1.05. The molecule has 3 nitrogen and oxygen atoms in total. The first-order valence-corrected chi connectivity index (χ1v) is 6.89. The number of amides is 1. The lowest BCUT2D eigenvalue weighted by atomic mass is 9.84. The lowest BCUT2D eigenvalue weighted by molar-refractivity contribution is 0.0597. The summed E-state index contributed by atoms with van der Waals surface area (Å²) in [7, 11) is 0. The minimum Gasteiger partial charge on any atom is -0.333 e. The van der Waals surface area contributed by atoms with Crippen molar-refractivity contribution in [3.8, 4) is 0 Å². The van der Waals surface area contributed by atoms with Crippen molar-refractivity contribution in [3.05, 3.63) is 35.4 Å². The maximum atomic E-state index is 13.8. The molecule has 5 heteroatoms. The Morgan fingerprint density at radius 3 is 2.80 bits per heavy atom. The van der Waals surface area contributed by atoms with Gasteiger partial charge in [-0.2, -0.15) is 0 Å². The van der Waals surface area contributed by atoms with Gasteiger partial charge in [0.15, 0.2) is 11.6 Å². The van der Waals surface area contributed by atoms with Gasteiger partial charge in [-0.3, -0.25) is 4.79 Å². The van der Waals surface area contributed by atoms with Crippen LogP contribution in [-0.2, 0) is 0 Å². The molecule has 0 spiro atoms. The zero-order valence-electron chi connectivity index (χ0n) is 11.6. The van der Waals surface area contributed by atoms with Crippen molar-refractivity contribution in [2.45, 2.75) is 19.4 Å². The normalized spacial score (nSPS) is 27.7. The highest BCUT2D eigenvalue weighted by molar-refractivity contribution is 5.95. The Hall–Kier alpha value is -1.49. The molecule has 0 radical (unpaired) electrons. The van der Waals surface area contributed by atoms with Crippen LogP contribution >= 0.6 is 0 Å². The molecular formula is C15H18F2N2O. The van der Waals surface area contributed by atoms with Crippen molar-refractivity contribution in [3.63, 3.8) is 0 Å². The van der Waals surface area contributed by atoms with E-state index in [9.17, 15) is 13.6 Å². The number of likely N-dealkylation sites (tertiary alicyclic amines) is 1. The molecule has 20 heavy (non-hydrogen) atoms. The molecule has 3 rings (SSSR count). The number of hydrogen-bond acceptors (Lipinski definition) is 2. The molecule has 0 bridgehead atoms. The molecule has 2 aliphatic heterocycles. The van der Waals surface area contributed by atoms with E-state index in [0.29, 0.717) is 18.4 Å². The van der Waals surface area contributed by atoms with Crippen molar-refractivity contribution in [1.29, 1.82) is 0 Å². The topological polar surface area (TPSA) is 32.3 Å². The summed E-state index contributed by atoms with van der Waals surface area (Å²) in [6, 6.07) is 3.75. The lowest BCUT2D eigenvalue weighted by Crippen LogP contribution is -2.47. The second-order valence-electron chi connectivity index (χ2n) is 6.20. The quantitative estimate of drug-likeness (QED) is 0.853. The van der Waals surface area contributed by atoms with Crippen molar-refractivity contribution >= 4 is 5.91 Å². The maximum absolute atomic E-state index is 13.8. The summed E-state index contributed by atoms with van der Waals surface area (Å²) in [5, 5.41) is 3.33. The van der Waals surface area contributed by atoms with Crippen molar-refractivity contribution in [2.24, 2.45) is 11.8 Å². The van der Waals surface area contributed by atoms with Crippen LogP contribution in [0, 0.1) is 23.5 Å². The summed E-state index contributed by atoms with van der Waals surface area (Å²) in [5.74, 6) is -1.69. The summed E-state index contributed by atoms with van der Waals surface area (Å²) in [6.07, 6.45) is 0. The van der Waals surface area contributed by atoms with Crippen LogP contribution in [0.15, 0.2) is 18.2 Å². The Kier molecular flexibility index (Phi) is 3.05. The Morgan fingerprint density at radius 2 is 2.10 bits per heavy atom. The highest BCUT2D eigenvalue weighted by Gasteiger charge is 2.51. The number of fused-ring (bicyclic) bond motifs is 1. The fourth-order valence-electron chi connectivity index (χ4n) is 3.58. The first kappa shape index (κ1) is 13.5. The van der Waals surface area contributed by atoms with Crippen molar-refractivity contribution < 1.29 is 13.6 Å². The molecule has 1 N–H and O–H groups in total. The fourth-order valence-corrected chi connectivity index (χ4v) is 3.58. The van der Waals surface area contributed by atoms with Gasteiger partial charge < -0.3 is 10.2 Å². The number of rotatable bonds is 1. The van der Waals surface area contributed by atoms with Gasteiger partial charge in [0.1, 0.15) is 0 Å². The van der Waals surface area contributed by atoms with Crippen LogP contribution in [0.3, 0.4) is 0 Å². The zero-order valence-corrected chi connectivity index (χ0v) is 11.6. The SMILES string of the molecule is CC1(C)C2CNCC2CN1C(=O)c1cccc(F)c1F. The average Bonchev–Trinajstić information content (AvgIpc) is 2.95. The maximum Gasteiger partial charge on any atom is 0.257 e. The van der Waals surface area contributed by atoms with Gasteiger partial charge in [0.25, 0.3) is 5.91 Å². The predicted octanol–water partition coefficient (Wildman–Crippen LogP) is 2.03. The average molecular weight is 280 g/mol. The van der Waals surface area contributed by atoms with E-state index in [1.165, 1.54) is 12.1 Å². The molecule has 2 saturated heterocycles. The molecule has 1 amide bonds. The lowest BCUT2D eigenvalue weighted by Gasteiger charge is -2.35. The number of nitrogens with zero attached hydrogens (tertiary/aromatic N) is 1. The van der Waals surface area contributed by atoms with Crippen LogP contribution in [0.25, 0.3) is 0 Å². The third-order valence-electron chi connectivity index (χ3n) is 4.79. The van der Waals surface area contributed by atoms with Gasteiger partial charge >= 0.3 is 0 Å². The second-order valence-corrected chi connectivity index (χ2v) is 6.20. The van der Waals surface area contributed by atoms with Gasteiger partial charge in [-0.05, 0) is 37.8 Å². The van der Waals surface area contributed by atoms with Crippen LogP contribution < -0.4 is 5.32 Å². The number of nitrogens with one attached hydrogen (secondary N) is 1. The summed E-state index contributed by atoms with van der Waals surface area (Å²) in [4.78, 5) is 14.3. The van der Waals surface area contributed by atoms with E-state index in [1.807, 2.05) is 13.8 Å². The van der Waals surface area contributed by atoms with Gasteiger partial charge in [-0.1, -0.05) is 6.07 Å². The van der Waals surface area contributed by atoms with Gasteiger partial charge in [0.2, 0.25) is 0 Å². The van der Waals surface area contributed by atoms with Gasteiger partial charge in [0.05, 0.1) is 5.56 Å². The molecule has 0 aromatic heterocycles. The fraction of sp³-hybridized carbons (Fsp3) is 0.533. The van der Waals surface area contributed by atoms with Crippen LogP contribution in [0.2, 0.25) is 0 Å². The molecule has 2 unspecified atom stereocenters. The van der Waals surface area contributed by atoms with E-state index in [4.69, 9.17) is 0 Å². The largest absolute Gasteiger partial charge is 0.333 e. The van der Waals surface area contributed by atoms with Crippen LogP contribution in [-0.4, -0.2) is 36.0 Å². The molecule has 108 valence electrons. The van der Waals surface area contributed by atoms with E-state index >= 15 is 0 Å². The third kappa shape index (κ3) is 1.84. The number of halogens is 2. The standard InChI is InChI=1S/C15H18F2N2O/c1-15(2)11-7-18-6-9(11)8-19(15)14(20)10-4-3-5-12(16)13(10)17/h3-5,9,11,18H,6-8H2,1-2H3. The van der Waals surface area contributed by atoms with Gasteiger partial charge in [-0.15, -0.1) is 0 Å². The van der Waals surface area contributed by atoms with Crippen LogP contribution in [0.4, 0.5) is 8.78 Å². The third-order valence-corrected chi connectivity index (χ3v) is 4.79. The van der Waals surface area contributed by atoms with E-state index in [1.54, 1.807) is 4.90 Å². The molecule has 1 aromatic carbocycles. The van der Waals surface area contributed by atoms with E-state index in [-0.39, 0.29) is 11.1 Å². The van der Waals surface area contributed by atoms with Crippen LogP contribution in [0.1, 0.15) is 24.2 Å². The predicted molar refractivity (Wildman–Crippen MR) is 71.3 cm³/mol. The molecular weight excluding hydrogens is 262 g/mol. The Bertz CT molecular complexity index is 559. The monoisotopic (exact) mass is 280 g/mol. The first-order valence-electron chi connectivity index (χ1n) is 6.89. The molecule has 2 heterocycles. The highest BCUT2D eigenvalue weighted by Crippen LogP contribution is 2.41. The van der Waals surface area contributed by atoms with Crippen LogP contribution in [0.5, 0.6) is 0 Å². The number of benzene rings is 1. The number of carbonyl (C=O) groups excluding carboxylic acids is 1. The second kappa shape index (κ2) is 4.52. The molecule has 0 aliphatic carbocycles. The Labute approximate surface area is 117 Å². The van der Waals surface area contributed by atoms with E-state index in [2.05, 4.69) is 5.32 Å². The Morgan fingerprint density at radius 1 is 1.35 bits per heavy atom. The highest BCUT2D eigenvalue weighted by atomic mass is 19.2. The summed E-state index contributed by atoms with van der Waals surface area (Å²) >= 11 is 0. The zero-order chi connectivity index (χ0) is 14.5. The summed E-state index contributed by atoms with van der Waals surface area (Å²) in [5.41, 5.74) is -0.518.